The minimum Gasteiger partial charge on any atom is -0.480 e. The van der Waals surface area contributed by atoms with Gasteiger partial charge in [-0.05, 0) is 22.3 Å². The number of fused-ring (bicyclic) bond motifs is 3. The van der Waals surface area contributed by atoms with Crippen LogP contribution in [0.1, 0.15) is 17.0 Å². The van der Waals surface area contributed by atoms with Crippen molar-refractivity contribution in [3.63, 3.8) is 0 Å². The molecule has 0 saturated heterocycles. The lowest BCUT2D eigenvalue weighted by Gasteiger charge is -2.18. The van der Waals surface area contributed by atoms with Gasteiger partial charge in [-0.15, -0.1) is 0 Å². The predicted octanol–water partition coefficient (Wildman–Crippen LogP) is 1.48. The minimum absolute atomic E-state index is 0.0820. The molecule has 0 aliphatic heterocycles. The van der Waals surface area contributed by atoms with E-state index in [1.165, 1.54) is 0 Å². The van der Waals surface area contributed by atoms with Gasteiger partial charge in [0.25, 0.3) is 5.91 Å². The van der Waals surface area contributed by atoms with Crippen LogP contribution in [0.5, 0.6) is 0 Å². The third-order valence-corrected chi connectivity index (χ3v) is 4.98. The van der Waals surface area contributed by atoms with Crippen molar-refractivity contribution < 1.29 is 37.8 Å². The van der Waals surface area contributed by atoms with E-state index in [0.717, 1.165) is 22.3 Å². The molecule has 33 heavy (non-hydrogen) atoms. The molecule has 0 fully saturated rings. The van der Waals surface area contributed by atoms with Crippen molar-refractivity contribution in [1.82, 2.24) is 16.0 Å². The summed E-state index contributed by atoms with van der Waals surface area (Å²) < 4.78 is 33.1. The minimum atomic E-state index is -4.02. The first-order valence-electron chi connectivity index (χ1n) is 9.92. The predicted molar refractivity (Wildman–Crippen MR) is 112 cm³/mol. The molecule has 0 bridgehead atoms. The lowest BCUT2D eigenvalue weighted by Crippen LogP contribution is -2.50. The molecule has 1 aliphatic rings. The second-order valence-electron chi connectivity index (χ2n) is 7.24. The maximum atomic E-state index is 14.0. The molecular formula is C22H21F2N3O6. The fourth-order valence-electron chi connectivity index (χ4n) is 3.44. The Labute approximate surface area is 187 Å². The van der Waals surface area contributed by atoms with Crippen LogP contribution >= 0.6 is 0 Å². The quantitative estimate of drug-likeness (QED) is 0.447. The van der Waals surface area contributed by atoms with Gasteiger partial charge < -0.3 is 25.8 Å². The van der Waals surface area contributed by atoms with Crippen molar-refractivity contribution in [2.45, 2.75) is 11.8 Å². The summed E-state index contributed by atoms with van der Waals surface area (Å²) in [5.41, 5.74) is 3.94. The maximum Gasteiger partial charge on any atom is 0.407 e. The number of alkyl carbamates (subject to hydrolysis) is 1. The molecule has 0 heterocycles. The Balaban J connectivity index is 1.49. The number of nitrogens with one attached hydrogen (secondary N) is 3. The van der Waals surface area contributed by atoms with Gasteiger partial charge in [0.15, 0.2) is 0 Å². The van der Waals surface area contributed by atoms with E-state index in [1.54, 1.807) is 5.32 Å². The molecule has 3 amide bonds. The number of alkyl halides is 2. The zero-order chi connectivity index (χ0) is 24.0. The Bertz CT molecular complexity index is 1030. The van der Waals surface area contributed by atoms with E-state index in [4.69, 9.17) is 9.84 Å². The van der Waals surface area contributed by atoms with Gasteiger partial charge in [0.05, 0.1) is 13.1 Å². The van der Waals surface area contributed by atoms with Gasteiger partial charge in [-0.3, -0.25) is 14.4 Å². The normalized spacial score (nSPS) is 12.3. The topological polar surface area (TPSA) is 134 Å². The fourth-order valence-corrected chi connectivity index (χ4v) is 3.44. The lowest BCUT2D eigenvalue weighted by atomic mass is 9.98. The molecule has 0 aromatic heterocycles. The maximum absolute atomic E-state index is 14.0. The van der Waals surface area contributed by atoms with Gasteiger partial charge in [-0.2, -0.15) is 8.78 Å². The summed E-state index contributed by atoms with van der Waals surface area (Å²) >= 11 is 0. The number of carbonyl (C=O) groups excluding carboxylic acids is 3. The number of halogens is 2. The third kappa shape index (κ3) is 5.82. The van der Waals surface area contributed by atoms with E-state index < -0.39 is 49.4 Å². The Hall–Kier alpha value is -4.02. The third-order valence-electron chi connectivity index (χ3n) is 4.98. The first-order chi connectivity index (χ1) is 15.7. The molecule has 2 aromatic carbocycles. The van der Waals surface area contributed by atoms with Crippen LogP contribution in [0.15, 0.2) is 48.5 Å². The number of carboxylic acids is 1. The summed E-state index contributed by atoms with van der Waals surface area (Å²) in [6, 6.07) is 15.2. The Kier molecular flexibility index (Phi) is 7.21. The number of rotatable bonds is 9. The average molecular weight is 461 g/mol. The number of hydrogen-bond donors (Lipinski definition) is 4. The van der Waals surface area contributed by atoms with E-state index >= 15 is 0 Å². The smallest absolute Gasteiger partial charge is 0.407 e. The summed E-state index contributed by atoms with van der Waals surface area (Å²) in [5.74, 6) is -8.35. The van der Waals surface area contributed by atoms with E-state index in [9.17, 15) is 28.0 Å². The number of carboxylic acid groups (broad SMARTS) is 1. The number of ether oxygens (including phenoxy) is 1. The number of amides is 3. The van der Waals surface area contributed by atoms with Crippen LogP contribution in [-0.2, 0) is 19.1 Å². The van der Waals surface area contributed by atoms with E-state index in [1.807, 2.05) is 59.2 Å². The standard InChI is InChI=1S/C22H21F2N3O6/c23-22(24,20(31)26-9-18(28)25-10-19(29)30)12-27-21(32)33-11-17-15-7-3-1-5-13(15)14-6-2-4-8-16(14)17/h1-8,17H,9-12H2,(H,25,28)(H,26,31)(H,27,32)(H,29,30). The second-order valence-corrected chi connectivity index (χ2v) is 7.24. The monoisotopic (exact) mass is 461 g/mol. The van der Waals surface area contributed by atoms with Crippen molar-refractivity contribution in [2.75, 3.05) is 26.2 Å². The molecule has 3 rings (SSSR count). The highest BCUT2D eigenvalue weighted by molar-refractivity contribution is 5.89. The molecular weight excluding hydrogens is 440 g/mol. The molecule has 9 nitrogen and oxygen atoms in total. The first-order valence-corrected chi connectivity index (χ1v) is 9.92. The van der Waals surface area contributed by atoms with E-state index in [0.29, 0.717) is 0 Å². The van der Waals surface area contributed by atoms with Crippen molar-refractivity contribution >= 4 is 23.9 Å². The molecule has 0 atom stereocenters. The fraction of sp³-hybridized carbons (Fsp3) is 0.273. The van der Waals surface area contributed by atoms with Gasteiger partial charge in [-0.1, -0.05) is 48.5 Å². The highest BCUT2D eigenvalue weighted by Crippen LogP contribution is 2.44. The number of carbonyl (C=O) groups is 4. The van der Waals surface area contributed by atoms with Gasteiger partial charge in [-0.25, -0.2) is 4.79 Å². The molecule has 1 aliphatic carbocycles. The summed E-state index contributed by atoms with van der Waals surface area (Å²) in [7, 11) is 0. The van der Waals surface area contributed by atoms with Crippen LogP contribution in [0, 0.1) is 0 Å². The van der Waals surface area contributed by atoms with Gasteiger partial charge in [0, 0.05) is 5.92 Å². The zero-order valence-corrected chi connectivity index (χ0v) is 17.3. The van der Waals surface area contributed by atoms with Crippen LogP contribution in [0.3, 0.4) is 0 Å². The number of hydrogen-bond acceptors (Lipinski definition) is 5. The van der Waals surface area contributed by atoms with Crippen molar-refractivity contribution in [1.29, 1.82) is 0 Å². The van der Waals surface area contributed by atoms with Crippen LogP contribution < -0.4 is 16.0 Å². The highest BCUT2D eigenvalue weighted by atomic mass is 19.3. The Morgan fingerprint density at radius 1 is 0.879 bits per heavy atom. The number of aliphatic carboxylic acids is 1. The summed E-state index contributed by atoms with van der Waals surface area (Å²) in [6.07, 6.45) is -1.12. The average Bonchev–Trinajstić information content (AvgIpc) is 3.12. The van der Waals surface area contributed by atoms with Crippen molar-refractivity contribution in [2.24, 2.45) is 0 Å². The molecule has 0 unspecified atom stereocenters. The Morgan fingerprint density at radius 2 is 1.45 bits per heavy atom. The van der Waals surface area contributed by atoms with Gasteiger partial charge in [0.2, 0.25) is 5.91 Å². The Morgan fingerprint density at radius 3 is 2.03 bits per heavy atom. The molecule has 4 N–H and O–H groups in total. The summed E-state index contributed by atoms with van der Waals surface area (Å²) in [5, 5.41) is 13.9. The molecule has 0 spiro atoms. The summed E-state index contributed by atoms with van der Waals surface area (Å²) in [4.78, 5) is 45.2. The number of benzene rings is 2. The van der Waals surface area contributed by atoms with Gasteiger partial charge in [0.1, 0.15) is 13.2 Å². The summed E-state index contributed by atoms with van der Waals surface area (Å²) in [6.45, 7) is -2.98. The second kappa shape index (κ2) is 10.1. The van der Waals surface area contributed by atoms with Gasteiger partial charge >= 0.3 is 18.0 Å². The van der Waals surface area contributed by atoms with E-state index in [2.05, 4.69) is 0 Å². The zero-order valence-electron chi connectivity index (χ0n) is 17.3. The first kappa shape index (κ1) is 23.6. The van der Waals surface area contributed by atoms with Crippen LogP contribution in [0.2, 0.25) is 0 Å². The molecule has 11 heteroatoms. The lowest BCUT2D eigenvalue weighted by molar-refractivity contribution is -0.145. The largest absolute Gasteiger partial charge is 0.480 e. The van der Waals surface area contributed by atoms with Crippen molar-refractivity contribution in [3.8, 4) is 11.1 Å². The van der Waals surface area contributed by atoms with Crippen LogP contribution in [0.25, 0.3) is 11.1 Å². The molecule has 0 saturated carbocycles. The highest BCUT2D eigenvalue weighted by Gasteiger charge is 2.39. The SMILES string of the molecule is O=C(O)CNC(=O)CNC(=O)C(F)(F)CNC(=O)OCC1c2ccccc2-c2ccccc21. The van der Waals surface area contributed by atoms with Crippen molar-refractivity contribution in [3.05, 3.63) is 59.7 Å². The molecule has 2 aromatic rings. The van der Waals surface area contributed by atoms with Crippen LogP contribution in [-0.4, -0.2) is 61.1 Å². The molecule has 174 valence electrons. The van der Waals surface area contributed by atoms with Crippen LogP contribution in [0.4, 0.5) is 13.6 Å². The molecule has 0 radical (unpaired) electrons. The van der Waals surface area contributed by atoms with E-state index in [-0.39, 0.29) is 12.5 Å².